The Hall–Kier alpha value is -1.75. The summed E-state index contributed by atoms with van der Waals surface area (Å²) in [6.07, 6.45) is 1.05. The van der Waals surface area contributed by atoms with Crippen LogP contribution in [0.4, 0.5) is 5.69 Å². The van der Waals surface area contributed by atoms with Gasteiger partial charge in [0.2, 0.25) is 5.91 Å². The van der Waals surface area contributed by atoms with E-state index in [0.29, 0.717) is 29.6 Å². The van der Waals surface area contributed by atoms with Crippen LogP contribution in [0, 0.1) is 5.92 Å². The van der Waals surface area contributed by atoms with Gasteiger partial charge in [-0.05, 0) is 31.0 Å². The molecule has 2 N–H and O–H groups in total. The Labute approximate surface area is 120 Å². The van der Waals surface area contributed by atoms with Crippen LogP contribution in [0.15, 0.2) is 18.2 Å². The lowest BCUT2D eigenvalue weighted by Gasteiger charge is -2.12. The van der Waals surface area contributed by atoms with Crippen LogP contribution in [0.3, 0.4) is 0 Å². The van der Waals surface area contributed by atoms with Gasteiger partial charge in [0.25, 0.3) is 0 Å². The van der Waals surface area contributed by atoms with Gasteiger partial charge in [0.05, 0.1) is 26.5 Å². The molecule has 1 amide bonds. The van der Waals surface area contributed by atoms with E-state index < -0.39 is 0 Å². The molecule has 0 aliphatic heterocycles. The molecule has 5 heteroatoms. The van der Waals surface area contributed by atoms with E-state index in [1.807, 2.05) is 0 Å². The molecule has 0 aliphatic carbocycles. The van der Waals surface area contributed by atoms with Crippen molar-refractivity contribution in [2.75, 3.05) is 32.6 Å². The van der Waals surface area contributed by atoms with E-state index in [9.17, 15) is 4.79 Å². The number of amides is 1. The van der Waals surface area contributed by atoms with Crippen LogP contribution < -0.4 is 20.1 Å². The molecular formula is C15H24N2O3. The van der Waals surface area contributed by atoms with E-state index >= 15 is 0 Å². The van der Waals surface area contributed by atoms with Gasteiger partial charge in [-0.3, -0.25) is 4.79 Å². The third kappa shape index (κ3) is 5.48. The Morgan fingerprint density at radius 2 is 2.00 bits per heavy atom. The first-order valence-corrected chi connectivity index (χ1v) is 6.79. The van der Waals surface area contributed by atoms with Crippen molar-refractivity contribution in [3.63, 3.8) is 0 Å². The van der Waals surface area contributed by atoms with Crippen molar-refractivity contribution in [2.45, 2.75) is 20.3 Å². The summed E-state index contributed by atoms with van der Waals surface area (Å²) in [6, 6.07) is 5.29. The second-order valence-electron chi connectivity index (χ2n) is 4.97. The first kappa shape index (κ1) is 16.3. The second-order valence-corrected chi connectivity index (χ2v) is 4.97. The minimum atomic E-state index is -0.0859. The number of ether oxygens (including phenoxy) is 2. The molecule has 5 nitrogen and oxygen atoms in total. The zero-order chi connectivity index (χ0) is 15.0. The molecule has 0 saturated carbocycles. The summed E-state index contributed by atoms with van der Waals surface area (Å²) in [4.78, 5) is 11.8. The lowest BCUT2D eigenvalue weighted by molar-refractivity contribution is -0.115. The van der Waals surface area contributed by atoms with Gasteiger partial charge in [0, 0.05) is 6.07 Å². The van der Waals surface area contributed by atoms with Crippen LogP contribution in [0.5, 0.6) is 11.5 Å². The number of hydrogen-bond donors (Lipinski definition) is 2. The Morgan fingerprint density at radius 3 is 2.60 bits per heavy atom. The average molecular weight is 280 g/mol. The van der Waals surface area contributed by atoms with E-state index in [1.165, 1.54) is 0 Å². The normalized spacial score (nSPS) is 10.4. The fourth-order valence-electron chi connectivity index (χ4n) is 1.69. The maximum atomic E-state index is 11.8. The first-order chi connectivity index (χ1) is 9.56. The summed E-state index contributed by atoms with van der Waals surface area (Å²) < 4.78 is 10.3. The highest BCUT2D eigenvalue weighted by Crippen LogP contribution is 2.28. The van der Waals surface area contributed by atoms with Crippen molar-refractivity contribution < 1.29 is 14.3 Å². The third-order valence-electron chi connectivity index (χ3n) is 2.87. The molecule has 0 atom stereocenters. The van der Waals surface area contributed by atoms with Crippen molar-refractivity contribution in [3.05, 3.63) is 18.2 Å². The minimum Gasteiger partial charge on any atom is -0.497 e. The highest BCUT2D eigenvalue weighted by Gasteiger charge is 2.08. The number of anilines is 1. The number of benzene rings is 1. The maximum Gasteiger partial charge on any atom is 0.238 e. The SMILES string of the molecule is COc1ccc(NC(=O)CNCCC(C)C)c(OC)c1. The molecule has 20 heavy (non-hydrogen) atoms. The number of carbonyl (C=O) groups excluding carboxylic acids is 1. The van der Waals surface area contributed by atoms with Crippen molar-refractivity contribution in [1.29, 1.82) is 0 Å². The van der Waals surface area contributed by atoms with Gasteiger partial charge in [-0.25, -0.2) is 0 Å². The Bertz CT molecular complexity index is 433. The summed E-state index contributed by atoms with van der Waals surface area (Å²) in [7, 11) is 3.15. The van der Waals surface area contributed by atoms with Crippen LogP contribution >= 0.6 is 0 Å². The fraction of sp³-hybridized carbons (Fsp3) is 0.533. The van der Waals surface area contributed by atoms with Gasteiger partial charge in [-0.2, -0.15) is 0 Å². The molecule has 0 bridgehead atoms. The summed E-state index contributed by atoms with van der Waals surface area (Å²) in [5, 5.41) is 5.94. The topological polar surface area (TPSA) is 59.6 Å². The van der Waals surface area contributed by atoms with Crippen LogP contribution in [0.1, 0.15) is 20.3 Å². The van der Waals surface area contributed by atoms with Crippen molar-refractivity contribution in [1.82, 2.24) is 5.32 Å². The quantitative estimate of drug-likeness (QED) is 0.717. The van der Waals surface area contributed by atoms with Gasteiger partial charge in [-0.1, -0.05) is 13.8 Å². The fourth-order valence-corrected chi connectivity index (χ4v) is 1.69. The number of nitrogens with one attached hydrogen (secondary N) is 2. The first-order valence-electron chi connectivity index (χ1n) is 6.79. The molecule has 1 aromatic rings. The minimum absolute atomic E-state index is 0.0859. The summed E-state index contributed by atoms with van der Waals surface area (Å²) in [5.74, 6) is 1.82. The number of hydrogen-bond acceptors (Lipinski definition) is 4. The molecular weight excluding hydrogens is 256 g/mol. The zero-order valence-corrected chi connectivity index (χ0v) is 12.7. The van der Waals surface area contributed by atoms with Gasteiger partial charge in [0.15, 0.2) is 0 Å². The highest BCUT2D eigenvalue weighted by molar-refractivity contribution is 5.93. The third-order valence-corrected chi connectivity index (χ3v) is 2.87. The molecule has 0 aromatic heterocycles. The molecule has 0 saturated heterocycles. The predicted octanol–water partition coefficient (Wildman–Crippen LogP) is 2.28. The van der Waals surface area contributed by atoms with E-state index in [-0.39, 0.29) is 5.91 Å². The molecule has 0 aliphatic rings. The molecule has 0 spiro atoms. The van der Waals surface area contributed by atoms with Gasteiger partial charge in [0.1, 0.15) is 11.5 Å². The second kappa shape index (κ2) is 8.43. The van der Waals surface area contributed by atoms with Crippen molar-refractivity contribution in [3.8, 4) is 11.5 Å². The van der Waals surface area contributed by atoms with Crippen molar-refractivity contribution >= 4 is 11.6 Å². The lowest BCUT2D eigenvalue weighted by Crippen LogP contribution is -2.29. The van der Waals surface area contributed by atoms with Gasteiger partial charge < -0.3 is 20.1 Å². The number of methoxy groups -OCH3 is 2. The van der Waals surface area contributed by atoms with Gasteiger partial charge >= 0.3 is 0 Å². The predicted molar refractivity (Wildman–Crippen MR) is 80.5 cm³/mol. The summed E-state index contributed by atoms with van der Waals surface area (Å²) in [6.45, 7) is 5.45. The van der Waals surface area contributed by atoms with E-state index in [2.05, 4.69) is 24.5 Å². The smallest absolute Gasteiger partial charge is 0.238 e. The number of carbonyl (C=O) groups is 1. The molecule has 1 aromatic carbocycles. The summed E-state index contributed by atoms with van der Waals surface area (Å²) in [5.41, 5.74) is 0.643. The molecule has 112 valence electrons. The average Bonchev–Trinajstić information content (AvgIpc) is 2.43. The van der Waals surface area contributed by atoms with Crippen LogP contribution in [-0.2, 0) is 4.79 Å². The van der Waals surface area contributed by atoms with Gasteiger partial charge in [-0.15, -0.1) is 0 Å². The molecule has 0 unspecified atom stereocenters. The molecule has 0 fully saturated rings. The largest absolute Gasteiger partial charge is 0.497 e. The van der Waals surface area contributed by atoms with Crippen LogP contribution in [-0.4, -0.2) is 33.2 Å². The van der Waals surface area contributed by atoms with E-state index in [1.54, 1.807) is 32.4 Å². The maximum absolute atomic E-state index is 11.8. The molecule has 0 radical (unpaired) electrons. The molecule has 0 heterocycles. The van der Waals surface area contributed by atoms with E-state index in [4.69, 9.17) is 9.47 Å². The Morgan fingerprint density at radius 1 is 1.25 bits per heavy atom. The number of rotatable bonds is 8. The van der Waals surface area contributed by atoms with E-state index in [0.717, 1.165) is 13.0 Å². The standard InChI is InChI=1S/C15H24N2O3/c1-11(2)7-8-16-10-15(18)17-13-6-5-12(19-3)9-14(13)20-4/h5-6,9,11,16H,7-8,10H2,1-4H3,(H,17,18). The van der Waals surface area contributed by atoms with Crippen LogP contribution in [0.2, 0.25) is 0 Å². The highest BCUT2D eigenvalue weighted by atomic mass is 16.5. The Kier molecular flexibility index (Phi) is 6.87. The monoisotopic (exact) mass is 280 g/mol. The zero-order valence-electron chi connectivity index (χ0n) is 12.7. The van der Waals surface area contributed by atoms with Crippen LogP contribution in [0.25, 0.3) is 0 Å². The lowest BCUT2D eigenvalue weighted by atomic mass is 10.1. The Balaban J connectivity index is 2.49. The molecule has 1 rings (SSSR count). The van der Waals surface area contributed by atoms with Crippen molar-refractivity contribution in [2.24, 2.45) is 5.92 Å². The summed E-state index contributed by atoms with van der Waals surface area (Å²) >= 11 is 0.